The highest BCUT2D eigenvalue weighted by molar-refractivity contribution is 7.80. The van der Waals surface area contributed by atoms with Crippen molar-refractivity contribution in [2.24, 2.45) is 17.7 Å². The predicted molar refractivity (Wildman–Crippen MR) is 52.3 cm³/mol. The first kappa shape index (κ1) is 8.26. The van der Waals surface area contributed by atoms with Gasteiger partial charge in [-0.2, -0.15) is 0 Å². The van der Waals surface area contributed by atoms with Crippen LogP contribution in [0.2, 0.25) is 0 Å². The summed E-state index contributed by atoms with van der Waals surface area (Å²) in [7, 11) is 0. The maximum atomic E-state index is 5.21. The van der Waals surface area contributed by atoms with E-state index in [4.69, 9.17) is 18.1 Å². The molecule has 12 heavy (non-hydrogen) atoms. The summed E-state index contributed by atoms with van der Waals surface area (Å²) in [5.74, 6) is 6.94. The lowest BCUT2D eigenvalue weighted by Gasteiger charge is -2.18. The molecule has 2 saturated carbocycles. The summed E-state index contributed by atoms with van der Waals surface area (Å²) in [4.78, 5) is 0. The van der Waals surface area contributed by atoms with E-state index in [9.17, 15) is 0 Å². The Balaban J connectivity index is 1.83. The molecule has 0 aromatic rings. The van der Waals surface area contributed by atoms with E-state index in [1.807, 2.05) is 0 Å². The maximum Gasteiger partial charge on any atom is 0.180 e. The summed E-state index contributed by atoms with van der Waals surface area (Å²) in [5, 5.41) is 3.88. The van der Waals surface area contributed by atoms with Crippen molar-refractivity contribution in [2.75, 3.05) is 0 Å². The Hall–Kier alpha value is -0.350. The summed E-state index contributed by atoms with van der Waals surface area (Å²) in [6, 6.07) is 0.605. The van der Waals surface area contributed by atoms with Crippen LogP contribution in [-0.4, -0.2) is 11.2 Å². The molecule has 3 nitrogen and oxygen atoms in total. The van der Waals surface area contributed by atoms with E-state index in [-0.39, 0.29) is 0 Å². The minimum atomic E-state index is 0.596. The lowest BCUT2D eigenvalue weighted by Crippen LogP contribution is -2.46. The van der Waals surface area contributed by atoms with Crippen LogP contribution in [0.3, 0.4) is 0 Å². The van der Waals surface area contributed by atoms with Gasteiger partial charge in [-0.1, -0.05) is 0 Å². The molecule has 2 rings (SSSR count). The third-order valence-corrected chi connectivity index (χ3v) is 2.92. The standard InChI is InChI=1S/C8H15N3S/c9-11-8(12)10-7(5-1-2-5)6-3-4-6/h5-7H,1-4,9H2,(H2,10,11,12). The number of hydrogen-bond donors (Lipinski definition) is 3. The SMILES string of the molecule is NNC(=S)NC(C1CC1)C1CC1. The van der Waals surface area contributed by atoms with Crippen LogP contribution in [0.4, 0.5) is 0 Å². The Bertz CT molecular complexity index is 175. The molecule has 0 spiro atoms. The van der Waals surface area contributed by atoms with Crippen molar-refractivity contribution < 1.29 is 0 Å². The number of hydrogen-bond acceptors (Lipinski definition) is 2. The second-order valence-electron chi connectivity index (χ2n) is 3.82. The van der Waals surface area contributed by atoms with Crippen molar-refractivity contribution in [1.29, 1.82) is 0 Å². The number of nitrogens with one attached hydrogen (secondary N) is 2. The van der Waals surface area contributed by atoms with Gasteiger partial charge in [0.2, 0.25) is 0 Å². The Kier molecular flexibility index (Phi) is 2.19. The van der Waals surface area contributed by atoms with Crippen molar-refractivity contribution in [1.82, 2.24) is 10.7 Å². The monoisotopic (exact) mass is 185 g/mol. The molecule has 0 aromatic carbocycles. The Labute approximate surface area is 78.1 Å². The number of nitrogens with two attached hydrogens (primary N) is 1. The van der Waals surface area contributed by atoms with E-state index < -0.39 is 0 Å². The van der Waals surface area contributed by atoms with Gasteiger partial charge >= 0.3 is 0 Å². The molecule has 0 aliphatic heterocycles. The van der Waals surface area contributed by atoms with Crippen LogP contribution in [-0.2, 0) is 0 Å². The normalized spacial score (nSPS) is 22.5. The second kappa shape index (κ2) is 3.18. The molecule has 2 aliphatic carbocycles. The highest BCUT2D eigenvalue weighted by atomic mass is 32.1. The third-order valence-electron chi connectivity index (χ3n) is 2.69. The number of hydrazine groups is 1. The van der Waals surface area contributed by atoms with Gasteiger partial charge in [0.15, 0.2) is 5.11 Å². The first-order valence-corrected chi connectivity index (χ1v) is 4.99. The average Bonchev–Trinajstić information content (AvgIpc) is 2.87. The average molecular weight is 185 g/mol. The molecule has 0 bridgehead atoms. The molecule has 0 heterocycles. The van der Waals surface area contributed by atoms with Crippen LogP contribution < -0.4 is 16.6 Å². The highest BCUT2D eigenvalue weighted by Gasteiger charge is 2.41. The summed E-state index contributed by atoms with van der Waals surface area (Å²) < 4.78 is 0. The molecule has 0 radical (unpaired) electrons. The van der Waals surface area contributed by atoms with E-state index >= 15 is 0 Å². The van der Waals surface area contributed by atoms with Gasteiger partial charge in [0.1, 0.15) is 0 Å². The second-order valence-corrected chi connectivity index (χ2v) is 4.23. The molecule has 0 amide bonds. The predicted octanol–water partition coefficient (Wildman–Crippen LogP) is 0.513. The summed E-state index contributed by atoms with van der Waals surface area (Å²) >= 11 is 4.98. The van der Waals surface area contributed by atoms with Crippen LogP contribution in [0.5, 0.6) is 0 Å². The van der Waals surface area contributed by atoms with E-state index in [0.717, 1.165) is 11.8 Å². The van der Waals surface area contributed by atoms with Gasteiger partial charge in [-0.15, -0.1) is 0 Å². The van der Waals surface area contributed by atoms with E-state index in [1.165, 1.54) is 25.7 Å². The highest BCUT2D eigenvalue weighted by Crippen LogP contribution is 2.44. The van der Waals surface area contributed by atoms with Gasteiger partial charge in [0.05, 0.1) is 0 Å². The topological polar surface area (TPSA) is 50.1 Å². The van der Waals surface area contributed by atoms with Crippen LogP contribution >= 0.6 is 12.2 Å². The van der Waals surface area contributed by atoms with Crippen LogP contribution in [0.25, 0.3) is 0 Å². The zero-order chi connectivity index (χ0) is 8.55. The zero-order valence-corrected chi connectivity index (χ0v) is 7.86. The van der Waals surface area contributed by atoms with Gasteiger partial charge < -0.3 is 10.7 Å². The van der Waals surface area contributed by atoms with Crippen molar-refractivity contribution in [3.8, 4) is 0 Å². The molecular formula is C8H15N3S. The molecule has 0 atom stereocenters. The van der Waals surface area contributed by atoms with Gasteiger partial charge in [-0.05, 0) is 49.7 Å². The van der Waals surface area contributed by atoms with Crippen LogP contribution in [0.15, 0.2) is 0 Å². The van der Waals surface area contributed by atoms with E-state index in [1.54, 1.807) is 0 Å². The molecule has 68 valence electrons. The quantitative estimate of drug-likeness (QED) is 0.341. The fourth-order valence-corrected chi connectivity index (χ4v) is 1.86. The van der Waals surface area contributed by atoms with Crippen molar-refractivity contribution >= 4 is 17.3 Å². The molecular weight excluding hydrogens is 170 g/mol. The molecule has 4 N–H and O–H groups in total. The zero-order valence-electron chi connectivity index (χ0n) is 7.05. The largest absolute Gasteiger partial charge is 0.358 e. The molecule has 2 fully saturated rings. The summed E-state index contributed by atoms with van der Waals surface area (Å²) in [5.41, 5.74) is 2.48. The molecule has 4 heteroatoms. The first-order valence-electron chi connectivity index (χ1n) is 4.58. The number of rotatable bonds is 3. The number of thiocarbonyl (C=S) groups is 1. The molecule has 0 aromatic heterocycles. The fraction of sp³-hybridized carbons (Fsp3) is 0.875. The molecule has 0 saturated heterocycles. The lowest BCUT2D eigenvalue weighted by molar-refractivity contribution is 0.479. The minimum Gasteiger partial charge on any atom is -0.358 e. The summed E-state index contributed by atoms with van der Waals surface area (Å²) in [6.45, 7) is 0. The third kappa shape index (κ3) is 1.87. The van der Waals surface area contributed by atoms with Gasteiger partial charge in [-0.25, -0.2) is 5.84 Å². The van der Waals surface area contributed by atoms with Crippen molar-refractivity contribution in [3.05, 3.63) is 0 Å². The maximum absolute atomic E-state index is 5.21. The Morgan fingerprint density at radius 2 is 1.75 bits per heavy atom. The Morgan fingerprint density at radius 3 is 2.08 bits per heavy atom. The van der Waals surface area contributed by atoms with Crippen LogP contribution in [0, 0.1) is 11.8 Å². The summed E-state index contributed by atoms with van der Waals surface area (Å²) in [6.07, 6.45) is 5.45. The van der Waals surface area contributed by atoms with Crippen LogP contribution in [0.1, 0.15) is 25.7 Å². The smallest absolute Gasteiger partial charge is 0.180 e. The van der Waals surface area contributed by atoms with Gasteiger partial charge in [0, 0.05) is 6.04 Å². The van der Waals surface area contributed by atoms with Crippen molar-refractivity contribution in [3.63, 3.8) is 0 Å². The van der Waals surface area contributed by atoms with E-state index in [2.05, 4.69) is 10.7 Å². The van der Waals surface area contributed by atoms with E-state index in [0.29, 0.717) is 11.2 Å². The molecule has 2 aliphatic rings. The van der Waals surface area contributed by atoms with Gasteiger partial charge in [-0.3, -0.25) is 0 Å². The van der Waals surface area contributed by atoms with Crippen molar-refractivity contribution in [2.45, 2.75) is 31.7 Å². The fourth-order valence-electron chi connectivity index (χ4n) is 1.72. The minimum absolute atomic E-state index is 0.596. The first-order chi connectivity index (χ1) is 5.81. The molecule has 0 unspecified atom stereocenters. The Morgan fingerprint density at radius 1 is 1.25 bits per heavy atom. The van der Waals surface area contributed by atoms with Gasteiger partial charge in [0.25, 0.3) is 0 Å². The lowest BCUT2D eigenvalue weighted by atomic mass is 10.1.